The molecule has 114 valence electrons. The summed E-state index contributed by atoms with van der Waals surface area (Å²) in [5.41, 5.74) is 4.04. The maximum Gasteiger partial charge on any atom is 0.163 e. The first-order valence-corrected chi connectivity index (χ1v) is 7.27. The topological polar surface area (TPSA) is 59.7 Å². The Kier molecular flexibility index (Phi) is 3.52. The molecule has 0 saturated carbocycles. The number of rotatable bonds is 3. The Bertz CT molecular complexity index is 836. The highest BCUT2D eigenvalue weighted by Gasteiger charge is 2.17. The van der Waals surface area contributed by atoms with Gasteiger partial charge in [0.25, 0.3) is 0 Å². The fourth-order valence-electron chi connectivity index (χ4n) is 2.68. The Morgan fingerprint density at radius 1 is 1.18 bits per heavy atom. The third kappa shape index (κ3) is 2.41. The second-order valence-corrected chi connectivity index (χ2v) is 5.63. The van der Waals surface area contributed by atoms with Crippen molar-refractivity contribution in [3.63, 3.8) is 0 Å². The third-order valence-corrected chi connectivity index (χ3v) is 3.82. The maximum absolute atomic E-state index is 4.63. The second kappa shape index (κ2) is 5.36. The minimum absolute atomic E-state index is 0.701. The summed E-state index contributed by atoms with van der Waals surface area (Å²) in [6, 6.07) is 4.03. The molecular weight excluding hydrogens is 276 g/mol. The van der Waals surface area contributed by atoms with Crippen LogP contribution in [0.1, 0.15) is 22.8 Å². The number of aromatic nitrogens is 5. The van der Waals surface area contributed by atoms with Gasteiger partial charge in [-0.2, -0.15) is 5.10 Å². The second-order valence-electron chi connectivity index (χ2n) is 5.63. The molecule has 3 aromatic heterocycles. The van der Waals surface area contributed by atoms with E-state index in [1.807, 2.05) is 44.9 Å². The molecule has 0 saturated heterocycles. The summed E-state index contributed by atoms with van der Waals surface area (Å²) in [6.07, 6.45) is 1.83. The van der Waals surface area contributed by atoms with Crippen molar-refractivity contribution in [2.45, 2.75) is 27.3 Å². The number of nitrogens with zero attached hydrogens (tertiary/aromatic N) is 6. The van der Waals surface area contributed by atoms with Gasteiger partial charge in [0.2, 0.25) is 0 Å². The van der Waals surface area contributed by atoms with E-state index in [2.05, 4.69) is 37.9 Å². The van der Waals surface area contributed by atoms with Gasteiger partial charge in [0, 0.05) is 20.3 Å². The molecule has 0 bridgehead atoms. The van der Waals surface area contributed by atoms with Gasteiger partial charge in [0.05, 0.1) is 23.3 Å². The van der Waals surface area contributed by atoms with Crippen LogP contribution in [0.3, 0.4) is 0 Å². The van der Waals surface area contributed by atoms with E-state index in [4.69, 9.17) is 0 Å². The summed E-state index contributed by atoms with van der Waals surface area (Å²) in [5.74, 6) is 1.65. The van der Waals surface area contributed by atoms with Crippen LogP contribution in [0.5, 0.6) is 0 Å². The van der Waals surface area contributed by atoms with E-state index in [0.717, 1.165) is 34.1 Å². The molecule has 22 heavy (non-hydrogen) atoms. The number of fused-ring (bicyclic) bond motifs is 1. The molecule has 0 aliphatic heterocycles. The molecule has 0 spiro atoms. The number of pyridine rings is 1. The first-order valence-electron chi connectivity index (χ1n) is 7.27. The number of hydrogen-bond donors (Lipinski definition) is 0. The molecule has 3 rings (SSSR count). The average molecular weight is 296 g/mol. The summed E-state index contributed by atoms with van der Waals surface area (Å²) in [4.78, 5) is 15.7. The van der Waals surface area contributed by atoms with Crippen molar-refractivity contribution in [3.8, 4) is 0 Å². The molecule has 3 heterocycles. The lowest BCUT2D eigenvalue weighted by Gasteiger charge is -2.20. The zero-order valence-corrected chi connectivity index (χ0v) is 13.6. The Labute approximate surface area is 129 Å². The molecule has 0 aliphatic carbocycles. The Morgan fingerprint density at radius 3 is 2.68 bits per heavy atom. The van der Waals surface area contributed by atoms with E-state index in [1.165, 1.54) is 5.56 Å². The predicted octanol–water partition coefficient (Wildman–Crippen LogP) is 2.32. The van der Waals surface area contributed by atoms with Gasteiger partial charge in [0.1, 0.15) is 11.6 Å². The van der Waals surface area contributed by atoms with Gasteiger partial charge in [-0.25, -0.2) is 9.97 Å². The Balaban J connectivity index is 2.07. The van der Waals surface area contributed by atoms with Crippen LogP contribution in [0.4, 0.5) is 5.82 Å². The van der Waals surface area contributed by atoms with Gasteiger partial charge in [-0.15, -0.1) is 0 Å². The maximum atomic E-state index is 4.63. The van der Waals surface area contributed by atoms with Crippen molar-refractivity contribution >= 4 is 16.9 Å². The summed E-state index contributed by atoms with van der Waals surface area (Å²) < 4.78 is 1.81. The van der Waals surface area contributed by atoms with Crippen LogP contribution in [0, 0.1) is 20.8 Å². The molecular formula is C16H20N6. The zero-order valence-electron chi connectivity index (χ0n) is 13.6. The highest BCUT2D eigenvalue weighted by Crippen LogP contribution is 2.26. The van der Waals surface area contributed by atoms with Crippen LogP contribution in [0.15, 0.2) is 18.3 Å². The molecule has 6 heteroatoms. The van der Waals surface area contributed by atoms with Crippen LogP contribution in [0.25, 0.3) is 11.0 Å². The number of aryl methyl sites for hydroxylation is 4. The molecule has 3 aromatic rings. The van der Waals surface area contributed by atoms with Crippen molar-refractivity contribution in [1.29, 1.82) is 0 Å². The van der Waals surface area contributed by atoms with E-state index in [-0.39, 0.29) is 0 Å². The molecule has 0 fully saturated rings. The first kappa shape index (κ1) is 14.4. The van der Waals surface area contributed by atoms with Crippen molar-refractivity contribution in [2.75, 3.05) is 11.9 Å². The van der Waals surface area contributed by atoms with Gasteiger partial charge in [-0.1, -0.05) is 6.07 Å². The van der Waals surface area contributed by atoms with Crippen LogP contribution in [-0.4, -0.2) is 31.8 Å². The van der Waals surface area contributed by atoms with E-state index in [0.29, 0.717) is 6.54 Å². The molecule has 0 aliphatic rings. The van der Waals surface area contributed by atoms with Gasteiger partial charge in [-0.3, -0.25) is 9.67 Å². The number of hydrogen-bond acceptors (Lipinski definition) is 5. The molecule has 0 unspecified atom stereocenters. The highest BCUT2D eigenvalue weighted by molar-refractivity contribution is 5.89. The van der Waals surface area contributed by atoms with Crippen molar-refractivity contribution in [3.05, 3.63) is 41.1 Å². The third-order valence-electron chi connectivity index (χ3n) is 3.82. The smallest absolute Gasteiger partial charge is 0.163 e. The first-order chi connectivity index (χ1) is 10.5. The van der Waals surface area contributed by atoms with Crippen LogP contribution in [-0.2, 0) is 13.6 Å². The van der Waals surface area contributed by atoms with Gasteiger partial charge in [-0.05, 0) is 32.4 Å². The van der Waals surface area contributed by atoms with Crippen LogP contribution >= 0.6 is 0 Å². The standard InChI is InChI=1S/C16H20N6/c1-10-7-6-8-17-13(10)9-21(4)15-14-11(2)20-22(5)16(14)19-12(3)18-15/h6-8H,9H2,1-5H3. The molecule has 0 amide bonds. The van der Waals surface area contributed by atoms with Gasteiger partial charge in [0.15, 0.2) is 5.65 Å². The van der Waals surface area contributed by atoms with Crippen LogP contribution in [0.2, 0.25) is 0 Å². The lowest BCUT2D eigenvalue weighted by Crippen LogP contribution is -2.20. The van der Waals surface area contributed by atoms with Crippen molar-refractivity contribution in [2.24, 2.45) is 7.05 Å². The summed E-state index contributed by atoms with van der Waals surface area (Å²) >= 11 is 0. The fourth-order valence-corrected chi connectivity index (χ4v) is 2.68. The van der Waals surface area contributed by atoms with Crippen molar-refractivity contribution in [1.82, 2.24) is 24.7 Å². The Hall–Kier alpha value is -2.50. The zero-order chi connectivity index (χ0) is 15.9. The lowest BCUT2D eigenvalue weighted by molar-refractivity contribution is 0.770. The predicted molar refractivity (Wildman–Crippen MR) is 86.9 cm³/mol. The van der Waals surface area contributed by atoms with Gasteiger partial charge < -0.3 is 4.90 Å². The van der Waals surface area contributed by atoms with E-state index >= 15 is 0 Å². The molecule has 0 N–H and O–H groups in total. The fraction of sp³-hybridized carbons (Fsp3) is 0.375. The molecule has 6 nitrogen and oxygen atoms in total. The minimum atomic E-state index is 0.701. The summed E-state index contributed by atoms with van der Waals surface area (Å²) in [5, 5.41) is 5.47. The summed E-state index contributed by atoms with van der Waals surface area (Å²) in [6.45, 7) is 6.67. The van der Waals surface area contributed by atoms with E-state index in [1.54, 1.807) is 0 Å². The normalized spacial score (nSPS) is 11.1. The van der Waals surface area contributed by atoms with Gasteiger partial charge >= 0.3 is 0 Å². The van der Waals surface area contributed by atoms with Crippen molar-refractivity contribution < 1.29 is 0 Å². The monoisotopic (exact) mass is 296 g/mol. The molecule has 0 aromatic carbocycles. The van der Waals surface area contributed by atoms with E-state index in [9.17, 15) is 0 Å². The highest BCUT2D eigenvalue weighted by atomic mass is 15.3. The van der Waals surface area contributed by atoms with E-state index < -0.39 is 0 Å². The quantitative estimate of drug-likeness (QED) is 0.742. The minimum Gasteiger partial charge on any atom is -0.353 e. The number of anilines is 1. The van der Waals surface area contributed by atoms with Crippen LogP contribution < -0.4 is 4.90 Å². The SMILES string of the molecule is Cc1nc(N(C)Cc2ncccc2C)c2c(C)nn(C)c2n1. The molecule has 0 atom stereocenters. The summed E-state index contributed by atoms with van der Waals surface area (Å²) in [7, 11) is 3.94. The average Bonchev–Trinajstić information content (AvgIpc) is 2.75. The molecule has 0 radical (unpaired) electrons. The Morgan fingerprint density at radius 2 is 1.95 bits per heavy atom. The largest absolute Gasteiger partial charge is 0.353 e. The lowest BCUT2D eigenvalue weighted by atomic mass is 10.2.